The van der Waals surface area contributed by atoms with E-state index in [1.165, 1.54) is 77.2 Å². The molecule has 1 heteroatoms. The fourth-order valence-corrected chi connectivity index (χ4v) is 8.92. The second kappa shape index (κ2) is 12.8. The van der Waals surface area contributed by atoms with E-state index in [2.05, 4.69) is 219 Å². The third-order valence-corrected chi connectivity index (χ3v) is 11.5. The largest absolute Gasteiger partial charge is 0.309 e. The van der Waals surface area contributed by atoms with Crippen molar-refractivity contribution in [2.24, 2.45) is 0 Å². The minimum atomic E-state index is -0.0429. The lowest BCUT2D eigenvalue weighted by atomic mass is 9.82. The molecule has 1 aliphatic carbocycles. The van der Waals surface area contributed by atoms with E-state index < -0.39 is 0 Å². The van der Waals surface area contributed by atoms with Crippen LogP contribution >= 0.6 is 0 Å². The number of rotatable bonds is 6. The van der Waals surface area contributed by atoms with Crippen LogP contribution in [-0.4, -0.2) is 0 Å². The Morgan fingerprint density at radius 1 is 0.352 bits per heavy atom. The molecule has 9 aromatic carbocycles. The average molecular weight is 690 g/mol. The first-order valence-corrected chi connectivity index (χ1v) is 18.9. The van der Waals surface area contributed by atoms with Crippen LogP contribution in [0, 0.1) is 0 Å². The summed E-state index contributed by atoms with van der Waals surface area (Å²) >= 11 is 0. The van der Waals surface area contributed by atoms with E-state index in [0.29, 0.717) is 0 Å². The second-order valence-corrected chi connectivity index (χ2v) is 14.9. The van der Waals surface area contributed by atoms with Gasteiger partial charge >= 0.3 is 0 Å². The third kappa shape index (κ3) is 5.08. The predicted octanol–water partition coefficient (Wildman–Crippen LogP) is 14.8. The van der Waals surface area contributed by atoms with Gasteiger partial charge < -0.3 is 4.90 Å². The Kier molecular flexibility index (Phi) is 7.56. The molecular formula is C53H39N. The molecule has 0 unspecified atom stereocenters. The summed E-state index contributed by atoms with van der Waals surface area (Å²) in [5.41, 5.74) is 16.2. The van der Waals surface area contributed by atoms with Crippen LogP contribution in [0.5, 0.6) is 0 Å². The van der Waals surface area contributed by atoms with Crippen LogP contribution in [0.3, 0.4) is 0 Å². The highest BCUT2D eigenvalue weighted by Crippen LogP contribution is 2.52. The molecule has 0 fully saturated rings. The molecular weight excluding hydrogens is 651 g/mol. The standard InChI is InChI=1S/C53H39N/c1-53(2)47-28-10-8-24-46(47)52-43(26-15-29-48(52)53)38-32-34-40(35-33-38)54(49-31-14-19-36-18-6-7-22-41(36)49)50-30-11-9-23-44(50)45-27-13-21-39-20-12-25-42(51(39)45)37-16-4-3-5-17-37/h3-35H,1-2H3. The highest BCUT2D eigenvalue weighted by molar-refractivity contribution is 6.10. The van der Waals surface area contributed by atoms with Crippen molar-refractivity contribution in [2.45, 2.75) is 19.3 Å². The maximum Gasteiger partial charge on any atom is 0.0540 e. The van der Waals surface area contributed by atoms with Crippen molar-refractivity contribution in [2.75, 3.05) is 4.90 Å². The van der Waals surface area contributed by atoms with Gasteiger partial charge in [-0.15, -0.1) is 0 Å². The number of fused-ring (bicyclic) bond motifs is 5. The zero-order valence-corrected chi connectivity index (χ0v) is 30.5. The molecule has 0 saturated carbocycles. The van der Waals surface area contributed by atoms with Crippen LogP contribution < -0.4 is 4.90 Å². The molecule has 0 radical (unpaired) electrons. The molecule has 1 nitrogen and oxygen atoms in total. The van der Waals surface area contributed by atoms with E-state index in [1.807, 2.05) is 0 Å². The van der Waals surface area contributed by atoms with Gasteiger partial charge in [-0.1, -0.05) is 190 Å². The van der Waals surface area contributed by atoms with E-state index in [4.69, 9.17) is 0 Å². The molecule has 0 N–H and O–H groups in total. The summed E-state index contributed by atoms with van der Waals surface area (Å²) in [6.45, 7) is 4.70. The summed E-state index contributed by atoms with van der Waals surface area (Å²) in [6.07, 6.45) is 0. The highest BCUT2D eigenvalue weighted by atomic mass is 15.1. The zero-order valence-electron chi connectivity index (χ0n) is 30.5. The highest BCUT2D eigenvalue weighted by Gasteiger charge is 2.36. The molecule has 0 saturated heterocycles. The second-order valence-electron chi connectivity index (χ2n) is 14.9. The Bertz CT molecular complexity index is 2830. The van der Waals surface area contributed by atoms with Crippen LogP contribution in [0.2, 0.25) is 0 Å². The first kappa shape index (κ1) is 32.0. The fourth-order valence-electron chi connectivity index (χ4n) is 8.92. The Morgan fingerprint density at radius 2 is 0.889 bits per heavy atom. The fraction of sp³-hybridized carbons (Fsp3) is 0.0566. The van der Waals surface area contributed by atoms with Crippen molar-refractivity contribution >= 4 is 38.6 Å². The van der Waals surface area contributed by atoms with Gasteiger partial charge in [-0.3, -0.25) is 0 Å². The van der Waals surface area contributed by atoms with Crippen molar-refractivity contribution in [1.29, 1.82) is 0 Å². The molecule has 0 aliphatic heterocycles. The zero-order chi connectivity index (χ0) is 36.2. The lowest BCUT2D eigenvalue weighted by Gasteiger charge is -2.29. The monoisotopic (exact) mass is 689 g/mol. The maximum absolute atomic E-state index is 2.46. The van der Waals surface area contributed by atoms with Gasteiger partial charge in [0.15, 0.2) is 0 Å². The Labute approximate surface area is 317 Å². The maximum atomic E-state index is 2.46. The van der Waals surface area contributed by atoms with Crippen molar-refractivity contribution in [3.8, 4) is 44.5 Å². The van der Waals surface area contributed by atoms with Crippen LogP contribution in [0.4, 0.5) is 17.1 Å². The van der Waals surface area contributed by atoms with E-state index in [0.717, 1.165) is 17.1 Å². The molecule has 0 bridgehead atoms. The Morgan fingerprint density at radius 3 is 1.72 bits per heavy atom. The van der Waals surface area contributed by atoms with Crippen molar-refractivity contribution in [3.63, 3.8) is 0 Å². The summed E-state index contributed by atoms with van der Waals surface area (Å²) in [5.74, 6) is 0. The van der Waals surface area contributed by atoms with E-state index in [1.54, 1.807) is 0 Å². The van der Waals surface area contributed by atoms with Crippen LogP contribution in [-0.2, 0) is 5.41 Å². The van der Waals surface area contributed by atoms with E-state index >= 15 is 0 Å². The lowest BCUT2D eigenvalue weighted by molar-refractivity contribution is 0.660. The smallest absolute Gasteiger partial charge is 0.0540 e. The van der Waals surface area contributed by atoms with Gasteiger partial charge in [0.25, 0.3) is 0 Å². The third-order valence-electron chi connectivity index (χ3n) is 11.5. The molecule has 0 amide bonds. The number of anilines is 3. The molecule has 54 heavy (non-hydrogen) atoms. The quantitative estimate of drug-likeness (QED) is 0.168. The molecule has 9 aromatic rings. The van der Waals surface area contributed by atoms with Gasteiger partial charge in [-0.25, -0.2) is 0 Å². The SMILES string of the molecule is CC1(C)c2ccccc2-c2c(-c3ccc(N(c4ccccc4-c4cccc5cccc(-c6ccccc6)c45)c4cccc5ccccc45)cc3)cccc21. The van der Waals surface area contributed by atoms with Gasteiger partial charge in [-0.2, -0.15) is 0 Å². The van der Waals surface area contributed by atoms with Gasteiger partial charge in [-0.05, 0) is 90.5 Å². The normalized spacial score (nSPS) is 12.8. The van der Waals surface area contributed by atoms with Gasteiger partial charge in [0.05, 0.1) is 11.4 Å². The van der Waals surface area contributed by atoms with Crippen molar-refractivity contribution < 1.29 is 0 Å². The predicted molar refractivity (Wildman–Crippen MR) is 230 cm³/mol. The summed E-state index contributed by atoms with van der Waals surface area (Å²) in [4.78, 5) is 2.46. The molecule has 0 aromatic heterocycles. The number of nitrogens with zero attached hydrogens (tertiary/aromatic N) is 1. The molecule has 0 atom stereocenters. The van der Waals surface area contributed by atoms with Gasteiger partial charge in [0.1, 0.15) is 0 Å². The Hall–Kier alpha value is -6.70. The van der Waals surface area contributed by atoms with Crippen LogP contribution in [0.15, 0.2) is 200 Å². The van der Waals surface area contributed by atoms with Crippen LogP contribution in [0.25, 0.3) is 66.1 Å². The summed E-state index contributed by atoms with van der Waals surface area (Å²) in [6, 6.07) is 73.3. The Balaban J connectivity index is 1.18. The molecule has 0 heterocycles. The number of hydrogen-bond acceptors (Lipinski definition) is 1. The van der Waals surface area contributed by atoms with Crippen molar-refractivity contribution in [1.82, 2.24) is 0 Å². The number of para-hydroxylation sites is 1. The number of hydrogen-bond donors (Lipinski definition) is 0. The van der Waals surface area contributed by atoms with Gasteiger partial charge in [0.2, 0.25) is 0 Å². The molecule has 1 aliphatic rings. The molecule has 256 valence electrons. The summed E-state index contributed by atoms with van der Waals surface area (Å²) in [7, 11) is 0. The summed E-state index contributed by atoms with van der Waals surface area (Å²) < 4.78 is 0. The first-order valence-electron chi connectivity index (χ1n) is 18.9. The van der Waals surface area contributed by atoms with E-state index in [-0.39, 0.29) is 5.41 Å². The summed E-state index contributed by atoms with van der Waals surface area (Å²) in [5, 5.41) is 4.91. The minimum Gasteiger partial charge on any atom is -0.309 e. The van der Waals surface area contributed by atoms with E-state index in [9.17, 15) is 0 Å². The topological polar surface area (TPSA) is 3.24 Å². The van der Waals surface area contributed by atoms with Crippen LogP contribution in [0.1, 0.15) is 25.0 Å². The van der Waals surface area contributed by atoms with Crippen molar-refractivity contribution in [3.05, 3.63) is 211 Å². The lowest BCUT2D eigenvalue weighted by Crippen LogP contribution is -2.14. The molecule has 10 rings (SSSR count). The van der Waals surface area contributed by atoms with Gasteiger partial charge in [0, 0.05) is 22.1 Å². The number of benzene rings is 9. The molecule has 0 spiro atoms. The average Bonchev–Trinajstić information content (AvgIpc) is 3.47. The minimum absolute atomic E-state index is 0.0429. The first-order chi connectivity index (χ1) is 26.6.